The number of carbonyl (C=O) groups is 1. The second-order valence-corrected chi connectivity index (χ2v) is 4.99. The Morgan fingerprint density at radius 3 is 2.67 bits per heavy atom. The number of nitrogen functional groups attached to an aromatic ring is 1. The summed E-state index contributed by atoms with van der Waals surface area (Å²) in [4.78, 5) is 11.7. The average Bonchev–Trinajstić information content (AvgIpc) is 2.43. The summed E-state index contributed by atoms with van der Waals surface area (Å²) in [6, 6.07) is 8.55. The van der Waals surface area contributed by atoms with Crippen LogP contribution in [-0.2, 0) is 4.79 Å². The highest BCUT2D eigenvalue weighted by atomic mass is 35.5. The van der Waals surface area contributed by atoms with E-state index in [1.165, 1.54) is 18.2 Å². The third kappa shape index (κ3) is 4.24. The molecule has 110 valence electrons. The molecular weight excluding hydrogens is 318 g/mol. The van der Waals surface area contributed by atoms with Gasteiger partial charge in [0, 0.05) is 11.1 Å². The Hall–Kier alpha value is -1.98. The van der Waals surface area contributed by atoms with E-state index in [4.69, 9.17) is 33.7 Å². The standard InChI is InChI=1S/C14H11Cl2FN2O2/c15-8-1-4-13(12(18)5-8)19-14(20)7-21-9-2-3-11(17)10(16)6-9/h1-6H,7,18H2,(H,19,20). The number of halogens is 3. The van der Waals surface area contributed by atoms with Gasteiger partial charge in [-0.1, -0.05) is 23.2 Å². The summed E-state index contributed by atoms with van der Waals surface area (Å²) in [5, 5.41) is 2.98. The molecule has 0 aliphatic heterocycles. The summed E-state index contributed by atoms with van der Waals surface area (Å²) in [5.41, 5.74) is 6.50. The monoisotopic (exact) mass is 328 g/mol. The molecule has 2 rings (SSSR count). The fraction of sp³-hybridized carbons (Fsp3) is 0.0714. The Balaban J connectivity index is 1.94. The van der Waals surface area contributed by atoms with Gasteiger partial charge in [-0.05, 0) is 30.3 Å². The lowest BCUT2D eigenvalue weighted by molar-refractivity contribution is -0.118. The Morgan fingerprint density at radius 1 is 1.24 bits per heavy atom. The first-order valence-corrected chi connectivity index (χ1v) is 6.64. The van der Waals surface area contributed by atoms with E-state index in [-0.39, 0.29) is 11.6 Å². The highest BCUT2D eigenvalue weighted by molar-refractivity contribution is 6.31. The molecule has 2 aromatic rings. The molecular formula is C14H11Cl2FN2O2. The molecule has 0 aliphatic carbocycles. The van der Waals surface area contributed by atoms with Crippen molar-refractivity contribution in [2.75, 3.05) is 17.7 Å². The molecule has 0 saturated heterocycles. The molecule has 0 heterocycles. The van der Waals surface area contributed by atoms with Gasteiger partial charge in [0.1, 0.15) is 11.6 Å². The minimum atomic E-state index is -0.553. The minimum absolute atomic E-state index is 0.0742. The molecule has 0 aromatic heterocycles. The van der Waals surface area contributed by atoms with Gasteiger partial charge in [-0.15, -0.1) is 0 Å². The topological polar surface area (TPSA) is 64.3 Å². The second kappa shape index (κ2) is 6.65. The van der Waals surface area contributed by atoms with Gasteiger partial charge >= 0.3 is 0 Å². The van der Waals surface area contributed by atoms with E-state index in [2.05, 4.69) is 5.32 Å². The molecule has 0 fully saturated rings. The molecule has 0 saturated carbocycles. The summed E-state index contributed by atoms with van der Waals surface area (Å²) >= 11 is 11.4. The van der Waals surface area contributed by atoms with Gasteiger partial charge in [0.05, 0.1) is 16.4 Å². The van der Waals surface area contributed by atoms with Gasteiger partial charge in [0.15, 0.2) is 6.61 Å². The van der Waals surface area contributed by atoms with Gasteiger partial charge < -0.3 is 15.8 Å². The molecule has 7 heteroatoms. The smallest absolute Gasteiger partial charge is 0.262 e. The predicted octanol–water partition coefficient (Wildman–Crippen LogP) is 3.73. The van der Waals surface area contributed by atoms with Crippen LogP contribution in [-0.4, -0.2) is 12.5 Å². The average molecular weight is 329 g/mol. The van der Waals surface area contributed by atoms with Gasteiger partial charge in [0.25, 0.3) is 5.91 Å². The van der Waals surface area contributed by atoms with Crippen LogP contribution in [0.25, 0.3) is 0 Å². The molecule has 0 spiro atoms. The van der Waals surface area contributed by atoms with Crippen molar-refractivity contribution in [3.05, 3.63) is 52.3 Å². The van der Waals surface area contributed by atoms with E-state index in [1.54, 1.807) is 12.1 Å². The summed E-state index contributed by atoms with van der Waals surface area (Å²) < 4.78 is 18.2. The van der Waals surface area contributed by atoms with Crippen molar-refractivity contribution in [1.29, 1.82) is 0 Å². The molecule has 0 aliphatic rings. The predicted molar refractivity (Wildman–Crippen MR) is 81.4 cm³/mol. The van der Waals surface area contributed by atoms with E-state index in [9.17, 15) is 9.18 Å². The van der Waals surface area contributed by atoms with Crippen molar-refractivity contribution < 1.29 is 13.9 Å². The summed E-state index contributed by atoms with van der Waals surface area (Å²) in [7, 11) is 0. The zero-order chi connectivity index (χ0) is 15.4. The van der Waals surface area contributed by atoms with Crippen molar-refractivity contribution in [2.24, 2.45) is 0 Å². The molecule has 0 unspecified atom stereocenters. The number of anilines is 2. The molecule has 4 nitrogen and oxygen atoms in total. The number of rotatable bonds is 4. The van der Waals surface area contributed by atoms with Crippen LogP contribution in [0.1, 0.15) is 0 Å². The molecule has 21 heavy (non-hydrogen) atoms. The maximum Gasteiger partial charge on any atom is 0.262 e. The van der Waals surface area contributed by atoms with Crippen molar-refractivity contribution in [1.82, 2.24) is 0 Å². The number of nitrogens with one attached hydrogen (secondary N) is 1. The van der Waals surface area contributed by atoms with Gasteiger partial charge in [-0.3, -0.25) is 4.79 Å². The first-order chi connectivity index (χ1) is 9.95. The number of nitrogens with two attached hydrogens (primary N) is 1. The van der Waals surface area contributed by atoms with E-state index < -0.39 is 11.7 Å². The molecule has 3 N–H and O–H groups in total. The number of carbonyl (C=O) groups excluding carboxylic acids is 1. The minimum Gasteiger partial charge on any atom is -0.484 e. The lowest BCUT2D eigenvalue weighted by Crippen LogP contribution is -2.20. The van der Waals surface area contributed by atoms with Crippen LogP contribution in [0, 0.1) is 5.82 Å². The highest BCUT2D eigenvalue weighted by Crippen LogP contribution is 2.23. The summed E-state index contributed by atoms with van der Waals surface area (Å²) in [5.74, 6) is -0.674. The first-order valence-electron chi connectivity index (χ1n) is 5.88. The number of hydrogen-bond acceptors (Lipinski definition) is 3. The van der Waals surface area contributed by atoms with Crippen LogP contribution in [0.5, 0.6) is 5.75 Å². The second-order valence-electron chi connectivity index (χ2n) is 4.14. The molecule has 0 bridgehead atoms. The van der Waals surface area contributed by atoms with Crippen LogP contribution in [0.2, 0.25) is 10.0 Å². The maximum atomic E-state index is 13.0. The fourth-order valence-corrected chi connectivity index (χ4v) is 1.90. The Kier molecular flexibility index (Phi) is 4.88. The van der Waals surface area contributed by atoms with E-state index in [0.717, 1.165) is 6.07 Å². The van der Waals surface area contributed by atoms with Crippen molar-refractivity contribution >= 4 is 40.5 Å². The number of hydrogen-bond donors (Lipinski definition) is 2. The van der Waals surface area contributed by atoms with E-state index in [0.29, 0.717) is 22.1 Å². The van der Waals surface area contributed by atoms with Crippen LogP contribution in [0.3, 0.4) is 0 Å². The lowest BCUT2D eigenvalue weighted by atomic mass is 10.2. The fourth-order valence-electron chi connectivity index (χ4n) is 1.55. The maximum absolute atomic E-state index is 13.0. The van der Waals surface area contributed by atoms with Crippen molar-refractivity contribution in [3.8, 4) is 5.75 Å². The first kappa shape index (κ1) is 15.4. The zero-order valence-electron chi connectivity index (χ0n) is 10.7. The van der Waals surface area contributed by atoms with Crippen molar-refractivity contribution in [3.63, 3.8) is 0 Å². The van der Waals surface area contributed by atoms with Gasteiger partial charge in [0.2, 0.25) is 0 Å². The number of benzene rings is 2. The van der Waals surface area contributed by atoms with Gasteiger partial charge in [-0.2, -0.15) is 0 Å². The third-order valence-corrected chi connectivity index (χ3v) is 3.07. The van der Waals surface area contributed by atoms with Crippen LogP contribution in [0.15, 0.2) is 36.4 Å². The Morgan fingerprint density at radius 2 is 2.00 bits per heavy atom. The molecule has 0 atom stereocenters. The molecule has 1 amide bonds. The van der Waals surface area contributed by atoms with Crippen molar-refractivity contribution in [2.45, 2.75) is 0 Å². The zero-order valence-corrected chi connectivity index (χ0v) is 12.2. The number of amides is 1. The normalized spacial score (nSPS) is 10.2. The third-order valence-electron chi connectivity index (χ3n) is 2.55. The quantitative estimate of drug-likeness (QED) is 0.840. The highest BCUT2D eigenvalue weighted by Gasteiger charge is 2.08. The van der Waals surface area contributed by atoms with Gasteiger partial charge in [-0.25, -0.2) is 4.39 Å². The van der Waals surface area contributed by atoms with Crippen LogP contribution >= 0.6 is 23.2 Å². The lowest BCUT2D eigenvalue weighted by Gasteiger charge is -2.10. The van der Waals surface area contributed by atoms with E-state index in [1.807, 2.05) is 0 Å². The molecule has 2 aromatic carbocycles. The summed E-state index contributed by atoms with van der Waals surface area (Å²) in [6.45, 7) is -0.260. The Labute approximate surface area is 130 Å². The molecule has 0 radical (unpaired) electrons. The van der Waals surface area contributed by atoms with Crippen LogP contribution in [0.4, 0.5) is 15.8 Å². The Bertz CT molecular complexity index is 680. The summed E-state index contributed by atoms with van der Waals surface area (Å²) in [6.07, 6.45) is 0. The largest absolute Gasteiger partial charge is 0.484 e. The number of ether oxygens (including phenoxy) is 1. The van der Waals surface area contributed by atoms with Crippen LogP contribution < -0.4 is 15.8 Å². The van der Waals surface area contributed by atoms with E-state index >= 15 is 0 Å². The SMILES string of the molecule is Nc1cc(Cl)ccc1NC(=O)COc1ccc(F)c(Cl)c1.